The summed E-state index contributed by atoms with van der Waals surface area (Å²) in [4.78, 5) is 0. The van der Waals surface area contributed by atoms with Gasteiger partial charge < -0.3 is 15.2 Å². The third-order valence-electron chi connectivity index (χ3n) is 2.63. The van der Waals surface area contributed by atoms with E-state index in [2.05, 4.69) is 0 Å². The van der Waals surface area contributed by atoms with Gasteiger partial charge >= 0.3 is 0 Å². The summed E-state index contributed by atoms with van der Waals surface area (Å²) in [6.07, 6.45) is 2.28. The van der Waals surface area contributed by atoms with Crippen molar-refractivity contribution in [2.75, 3.05) is 13.2 Å². The molecule has 3 heteroatoms. The van der Waals surface area contributed by atoms with Crippen LogP contribution in [0.3, 0.4) is 0 Å². The van der Waals surface area contributed by atoms with Crippen LogP contribution in [0.2, 0.25) is 0 Å². The lowest BCUT2D eigenvalue weighted by Crippen LogP contribution is -2.25. The van der Waals surface area contributed by atoms with Crippen molar-refractivity contribution in [3.63, 3.8) is 0 Å². The minimum Gasteiger partial charge on any atom is -0.490 e. The maximum absolute atomic E-state index is 5.83. The highest BCUT2D eigenvalue weighted by Gasteiger charge is 2.14. The van der Waals surface area contributed by atoms with Crippen molar-refractivity contribution in [2.24, 2.45) is 5.73 Å². The van der Waals surface area contributed by atoms with Crippen LogP contribution in [0, 0.1) is 0 Å². The molecule has 1 fully saturated rings. The first-order valence-corrected chi connectivity index (χ1v) is 5.42. The molecule has 2 rings (SSSR count). The monoisotopic (exact) mass is 207 g/mol. The Morgan fingerprint density at radius 1 is 1.20 bits per heavy atom. The van der Waals surface area contributed by atoms with Gasteiger partial charge in [-0.2, -0.15) is 0 Å². The van der Waals surface area contributed by atoms with E-state index < -0.39 is 0 Å². The molecule has 0 saturated carbocycles. The third kappa shape index (κ3) is 2.94. The van der Waals surface area contributed by atoms with Crippen molar-refractivity contribution in [2.45, 2.75) is 25.5 Å². The minimum atomic E-state index is 0.308. The second-order valence-electron chi connectivity index (χ2n) is 3.78. The van der Waals surface area contributed by atoms with Crippen LogP contribution >= 0.6 is 0 Å². The molecule has 0 amide bonds. The van der Waals surface area contributed by atoms with Crippen LogP contribution in [-0.2, 0) is 11.3 Å². The smallest absolute Gasteiger partial charge is 0.119 e. The largest absolute Gasteiger partial charge is 0.490 e. The average Bonchev–Trinajstić information content (AvgIpc) is 2.31. The lowest BCUT2D eigenvalue weighted by Gasteiger charge is -2.23. The normalized spacial score (nSPS) is 17.7. The van der Waals surface area contributed by atoms with Crippen molar-refractivity contribution >= 4 is 0 Å². The summed E-state index contributed by atoms with van der Waals surface area (Å²) in [5, 5.41) is 0. The number of rotatable bonds is 3. The zero-order valence-corrected chi connectivity index (χ0v) is 8.82. The molecule has 0 radical (unpaired) electrons. The van der Waals surface area contributed by atoms with Crippen LogP contribution < -0.4 is 10.5 Å². The molecule has 1 aromatic rings. The van der Waals surface area contributed by atoms with E-state index in [0.717, 1.165) is 37.4 Å². The van der Waals surface area contributed by atoms with Crippen molar-refractivity contribution < 1.29 is 9.47 Å². The summed E-state index contributed by atoms with van der Waals surface area (Å²) >= 11 is 0. The lowest BCUT2D eigenvalue weighted by atomic mass is 10.1. The van der Waals surface area contributed by atoms with Gasteiger partial charge in [0.25, 0.3) is 0 Å². The van der Waals surface area contributed by atoms with Gasteiger partial charge in [-0.25, -0.2) is 0 Å². The molecule has 1 heterocycles. The zero-order valence-electron chi connectivity index (χ0n) is 8.82. The standard InChI is InChI=1S/C12H17NO2/c13-9-10-1-3-11(4-2-10)15-12-5-7-14-8-6-12/h1-4,12H,5-9,13H2. The molecular formula is C12H17NO2. The summed E-state index contributed by atoms with van der Waals surface area (Å²) in [7, 11) is 0. The van der Waals surface area contributed by atoms with E-state index in [1.165, 1.54) is 0 Å². The van der Waals surface area contributed by atoms with E-state index >= 15 is 0 Å². The zero-order chi connectivity index (χ0) is 10.5. The highest BCUT2D eigenvalue weighted by molar-refractivity contribution is 5.27. The molecule has 1 saturated heterocycles. The molecule has 0 atom stereocenters. The van der Waals surface area contributed by atoms with E-state index in [9.17, 15) is 0 Å². The Hall–Kier alpha value is -1.06. The van der Waals surface area contributed by atoms with Crippen LogP contribution in [0.1, 0.15) is 18.4 Å². The van der Waals surface area contributed by atoms with Gasteiger partial charge in [0.15, 0.2) is 0 Å². The summed E-state index contributed by atoms with van der Waals surface area (Å²) in [5.74, 6) is 0.930. The van der Waals surface area contributed by atoms with Crippen LogP contribution in [0.15, 0.2) is 24.3 Å². The van der Waals surface area contributed by atoms with E-state index in [1.54, 1.807) is 0 Å². The van der Waals surface area contributed by atoms with Crippen LogP contribution in [0.5, 0.6) is 5.75 Å². The Balaban J connectivity index is 1.91. The van der Waals surface area contributed by atoms with Gasteiger partial charge in [0.05, 0.1) is 13.2 Å². The maximum atomic E-state index is 5.83. The molecule has 1 aliphatic rings. The first kappa shape index (κ1) is 10.5. The molecule has 1 aliphatic heterocycles. The van der Waals surface area contributed by atoms with E-state index in [4.69, 9.17) is 15.2 Å². The van der Waals surface area contributed by atoms with E-state index in [-0.39, 0.29) is 0 Å². The van der Waals surface area contributed by atoms with Gasteiger partial charge in [-0.1, -0.05) is 12.1 Å². The van der Waals surface area contributed by atoms with Gasteiger partial charge in [-0.3, -0.25) is 0 Å². The number of ether oxygens (including phenoxy) is 2. The fourth-order valence-corrected chi connectivity index (χ4v) is 1.69. The fourth-order valence-electron chi connectivity index (χ4n) is 1.69. The highest BCUT2D eigenvalue weighted by atomic mass is 16.5. The van der Waals surface area contributed by atoms with Gasteiger partial charge in [0.1, 0.15) is 11.9 Å². The fraction of sp³-hybridized carbons (Fsp3) is 0.500. The Morgan fingerprint density at radius 3 is 2.47 bits per heavy atom. The lowest BCUT2D eigenvalue weighted by molar-refractivity contribution is 0.0255. The molecule has 0 spiro atoms. The number of hydrogen-bond acceptors (Lipinski definition) is 3. The van der Waals surface area contributed by atoms with Crippen LogP contribution in [0.4, 0.5) is 0 Å². The Labute approximate surface area is 90.2 Å². The number of benzene rings is 1. The molecular weight excluding hydrogens is 190 g/mol. The Kier molecular flexibility index (Phi) is 3.59. The second-order valence-corrected chi connectivity index (χ2v) is 3.78. The van der Waals surface area contributed by atoms with Crippen molar-refractivity contribution in [3.8, 4) is 5.75 Å². The van der Waals surface area contributed by atoms with Gasteiger partial charge in [0, 0.05) is 19.4 Å². The minimum absolute atomic E-state index is 0.308. The Bertz CT molecular complexity index is 291. The SMILES string of the molecule is NCc1ccc(OC2CCOCC2)cc1. The molecule has 3 nitrogen and oxygen atoms in total. The van der Waals surface area contributed by atoms with Crippen molar-refractivity contribution in [1.82, 2.24) is 0 Å². The number of nitrogens with two attached hydrogens (primary N) is 1. The van der Waals surface area contributed by atoms with Crippen molar-refractivity contribution in [1.29, 1.82) is 0 Å². The van der Waals surface area contributed by atoms with Gasteiger partial charge in [-0.05, 0) is 17.7 Å². The average molecular weight is 207 g/mol. The summed E-state index contributed by atoms with van der Waals surface area (Å²) in [6, 6.07) is 7.98. The first-order chi connectivity index (χ1) is 7.38. The molecule has 82 valence electrons. The molecule has 0 bridgehead atoms. The highest BCUT2D eigenvalue weighted by Crippen LogP contribution is 2.18. The molecule has 2 N–H and O–H groups in total. The second kappa shape index (κ2) is 5.14. The topological polar surface area (TPSA) is 44.5 Å². The predicted octanol–water partition coefficient (Wildman–Crippen LogP) is 1.70. The molecule has 0 unspecified atom stereocenters. The Morgan fingerprint density at radius 2 is 1.87 bits per heavy atom. The molecule has 1 aromatic carbocycles. The third-order valence-corrected chi connectivity index (χ3v) is 2.63. The molecule has 15 heavy (non-hydrogen) atoms. The summed E-state index contributed by atoms with van der Waals surface area (Å²) < 4.78 is 11.1. The summed E-state index contributed by atoms with van der Waals surface area (Å²) in [6.45, 7) is 2.20. The number of hydrogen-bond donors (Lipinski definition) is 1. The first-order valence-electron chi connectivity index (χ1n) is 5.42. The quantitative estimate of drug-likeness (QED) is 0.820. The van der Waals surface area contributed by atoms with E-state index in [0.29, 0.717) is 12.6 Å². The van der Waals surface area contributed by atoms with E-state index in [1.807, 2.05) is 24.3 Å². The van der Waals surface area contributed by atoms with Crippen LogP contribution in [0.25, 0.3) is 0 Å². The van der Waals surface area contributed by atoms with Gasteiger partial charge in [-0.15, -0.1) is 0 Å². The predicted molar refractivity (Wildman–Crippen MR) is 58.8 cm³/mol. The maximum Gasteiger partial charge on any atom is 0.119 e. The van der Waals surface area contributed by atoms with Crippen LogP contribution in [-0.4, -0.2) is 19.3 Å². The molecule has 0 aliphatic carbocycles. The summed E-state index contributed by atoms with van der Waals surface area (Å²) in [5.41, 5.74) is 6.66. The van der Waals surface area contributed by atoms with Gasteiger partial charge in [0.2, 0.25) is 0 Å². The molecule has 0 aromatic heterocycles. The van der Waals surface area contributed by atoms with Crippen molar-refractivity contribution in [3.05, 3.63) is 29.8 Å².